The zero-order chi connectivity index (χ0) is 22.1. The first kappa shape index (κ1) is 20.1. The van der Waals surface area contributed by atoms with Crippen LogP contribution in [0.5, 0.6) is 0 Å². The molecule has 0 bridgehead atoms. The summed E-state index contributed by atoms with van der Waals surface area (Å²) in [6.45, 7) is 2.94. The number of nitrogens with zero attached hydrogens (tertiary/aromatic N) is 4. The fourth-order valence-corrected chi connectivity index (χ4v) is 3.95. The Balaban J connectivity index is 1.23. The number of hydrogen-bond acceptors (Lipinski definition) is 5. The van der Waals surface area contributed by atoms with Gasteiger partial charge in [0.25, 0.3) is 0 Å². The fourth-order valence-electron chi connectivity index (χ4n) is 3.95. The lowest BCUT2D eigenvalue weighted by Gasteiger charge is -2.30. The summed E-state index contributed by atoms with van der Waals surface area (Å²) in [5.74, 6) is 0.734. The topological polar surface area (TPSA) is 84.2 Å². The minimum Gasteiger partial charge on any atom is -0.339 e. The van der Waals surface area contributed by atoms with Crippen LogP contribution in [0.4, 0.5) is 14.9 Å². The van der Waals surface area contributed by atoms with E-state index in [2.05, 4.69) is 20.4 Å². The van der Waals surface area contributed by atoms with Gasteiger partial charge in [0.15, 0.2) is 0 Å². The minimum atomic E-state index is -0.377. The average Bonchev–Trinajstić information content (AvgIpc) is 3.31. The van der Waals surface area contributed by atoms with Crippen molar-refractivity contribution in [1.82, 2.24) is 20.0 Å². The number of rotatable bonds is 3. The monoisotopic (exact) mass is 431 g/mol. The summed E-state index contributed by atoms with van der Waals surface area (Å²) in [5, 5.41) is 7.98. The second-order valence-electron chi connectivity index (χ2n) is 8.00. The normalized spacial score (nSPS) is 14.6. The summed E-state index contributed by atoms with van der Waals surface area (Å²) in [6.07, 6.45) is 1.42. The van der Waals surface area contributed by atoms with Crippen molar-refractivity contribution in [2.45, 2.75) is 25.7 Å². The molecule has 1 saturated heterocycles. The Kier molecular flexibility index (Phi) is 5.26. The van der Waals surface area contributed by atoms with Gasteiger partial charge >= 0.3 is 6.03 Å². The molecule has 1 aliphatic rings. The number of anilines is 1. The standard InChI is InChI=1S/C24H22FN5O2/c1-15-6-8-18(25)14-21(15)27-24(31)30-12-10-17(11-13-30)23-28-22(29-32-23)20-9-7-16-4-2-3-5-19(16)26-20/h2-9,14,17H,10-13H2,1H3,(H,27,31). The molecule has 1 aliphatic heterocycles. The van der Waals surface area contributed by atoms with E-state index in [-0.39, 0.29) is 17.8 Å². The Morgan fingerprint density at radius 3 is 2.75 bits per heavy atom. The van der Waals surface area contributed by atoms with Gasteiger partial charge in [-0.15, -0.1) is 0 Å². The number of halogens is 1. The highest BCUT2D eigenvalue weighted by Gasteiger charge is 2.28. The number of amides is 2. The molecule has 0 unspecified atom stereocenters. The highest BCUT2D eigenvalue weighted by molar-refractivity contribution is 5.90. The molecule has 32 heavy (non-hydrogen) atoms. The molecule has 5 rings (SSSR count). The van der Waals surface area contributed by atoms with E-state index in [1.807, 2.05) is 43.3 Å². The second kappa shape index (κ2) is 8.37. The number of carbonyl (C=O) groups excluding carboxylic acids is 1. The predicted octanol–water partition coefficient (Wildman–Crippen LogP) is 5.14. The molecule has 0 radical (unpaired) electrons. The molecule has 4 aromatic rings. The predicted molar refractivity (Wildman–Crippen MR) is 119 cm³/mol. The van der Waals surface area contributed by atoms with Crippen LogP contribution in [0.25, 0.3) is 22.4 Å². The Labute approximate surface area is 184 Å². The van der Waals surface area contributed by atoms with Crippen LogP contribution in [0.2, 0.25) is 0 Å². The Morgan fingerprint density at radius 2 is 1.91 bits per heavy atom. The van der Waals surface area contributed by atoms with Gasteiger partial charge in [-0.3, -0.25) is 0 Å². The number of carbonyl (C=O) groups is 1. The van der Waals surface area contributed by atoms with Crippen LogP contribution < -0.4 is 5.32 Å². The molecule has 2 aromatic carbocycles. The van der Waals surface area contributed by atoms with Crippen molar-refractivity contribution in [1.29, 1.82) is 0 Å². The maximum Gasteiger partial charge on any atom is 0.321 e. The summed E-state index contributed by atoms with van der Waals surface area (Å²) >= 11 is 0. The van der Waals surface area contributed by atoms with Gasteiger partial charge in [-0.1, -0.05) is 35.5 Å². The maximum atomic E-state index is 13.5. The van der Waals surface area contributed by atoms with Crippen LogP contribution >= 0.6 is 0 Å². The van der Waals surface area contributed by atoms with E-state index >= 15 is 0 Å². The lowest BCUT2D eigenvalue weighted by atomic mass is 9.97. The number of aryl methyl sites for hydroxylation is 1. The van der Waals surface area contributed by atoms with Crippen LogP contribution in [0.3, 0.4) is 0 Å². The lowest BCUT2D eigenvalue weighted by Crippen LogP contribution is -2.40. The van der Waals surface area contributed by atoms with Gasteiger partial charge in [-0.25, -0.2) is 14.2 Å². The van der Waals surface area contributed by atoms with Gasteiger partial charge < -0.3 is 14.7 Å². The van der Waals surface area contributed by atoms with Crippen LogP contribution in [0.1, 0.15) is 30.2 Å². The lowest BCUT2D eigenvalue weighted by molar-refractivity contribution is 0.187. The molecule has 7 nitrogen and oxygen atoms in total. The van der Waals surface area contributed by atoms with Crippen molar-refractivity contribution in [2.75, 3.05) is 18.4 Å². The quantitative estimate of drug-likeness (QED) is 0.485. The van der Waals surface area contributed by atoms with Gasteiger partial charge in [-0.05, 0) is 49.6 Å². The number of fused-ring (bicyclic) bond motifs is 1. The van der Waals surface area contributed by atoms with E-state index in [1.165, 1.54) is 12.1 Å². The van der Waals surface area contributed by atoms with Gasteiger partial charge in [0, 0.05) is 30.1 Å². The smallest absolute Gasteiger partial charge is 0.321 e. The number of aromatic nitrogens is 3. The molecule has 162 valence electrons. The highest BCUT2D eigenvalue weighted by atomic mass is 19.1. The van der Waals surface area contributed by atoms with Gasteiger partial charge in [0.1, 0.15) is 11.5 Å². The fraction of sp³-hybridized carbons (Fsp3) is 0.250. The van der Waals surface area contributed by atoms with E-state index < -0.39 is 0 Å². The van der Waals surface area contributed by atoms with Crippen molar-refractivity contribution >= 4 is 22.6 Å². The van der Waals surface area contributed by atoms with E-state index in [0.29, 0.717) is 49.0 Å². The molecule has 0 spiro atoms. The van der Waals surface area contributed by atoms with Crippen molar-refractivity contribution < 1.29 is 13.7 Å². The summed E-state index contributed by atoms with van der Waals surface area (Å²) in [4.78, 5) is 23.5. The number of benzene rings is 2. The van der Waals surface area contributed by atoms with Crippen LogP contribution in [-0.2, 0) is 0 Å². The number of urea groups is 1. The first-order chi connectivity index (χ1) is 15.6. The summed E-state index contributed by atoms with van der Waals surface area (Å²) < 4.78 is 19.0. The SMILES string of the molecule is Cc1ccc(F)cc1NC(=O)N1CCC(c2nc(-c3ccc4ccccc4n3)no2)CC1. The van der Waals surface area contributed by atoms with Crippen molar-refractivity contribution in [2.24, 2.45) is 0 Å². The molecule has 0 atom stereocenters. The first-order valence-corrected chi connectivity index (χ1v) is 10.6. The van der Waals surface area contributed by atoms with Crippen molar-refractivity contribution in [3.63, 3.8) is 0 Å². The largest absolute Gasteiger partial charge is 0.339 e. The van der Waals surface area contributed by atoms with Crippen LogP contribution in [0.15, 0.2) is 59.1 Å². The Hall–Kier alpha value is -3.81. The minimum absolute atomic E-state index is 0.0802. The number of pyridine rings is 1. The zero-order valence-corrected chi connectivity index (χ0v) is 17.6. The molecule has 1 fully saturated rings. The number of piperidine rings is 1. The summed E-state index contributed by atoms with van der Waals surface area (Å²) in [5.41, 5.74) is 2.85. The van der Waals surface area contributed by atoms with E-state index in [9.17, 15) is 9.18 Å². The number of hydrogen-bond donors (Lipinski definition) is 1. The number of para-hydroxylation sites is 1. The molecule has 8 heteroatoms. The molecule has 0 saturated carbocycles. The van der Waals surface area contributed by atoms with Gasteiger partial charge in [-0.2, -0.15) is 4.98 Å². The number of likely N-dealkylation sites (tertiary alicyclic amines) is 1. The third-order valence-corrected chi connectivity index (χ3v) is 5.84. The first-order valence-electron chi connectivity index (χ1n) is 10.6. The van der Waals surface area contributed by atoms with E-state index in [0.717, 1.165) is 16.5 Å². The van der Waals surface area contributed by atoms with E-state index in [1.54, 1.807) is 11.0 Å². The Morgan fingerprint density at radius 1 is 1.09 bits per heavy atom. The van der Waals surface area contributed by atoms with Crippen LogP contribution in [-0.4, -0.2) is 39.1 Å². The molecule has 1 N–H and O–H groups in total. The second-order valence-corrected chi connectivity index (χ2v) is 8.00. The maximum absolute atomic E-state index is 13.5. The molecule has 2 amide bonds. The molecule has 2 aromatic heterocycles. The third-order valence-electron chi connectivity index (χ3n) is 5.84. The zero-order valence-electron chi connectivity index (χ0n) is 17.6. The van der Waals surface area contributed by atoms with Crippen LogP contribution in [0, 0.1) is 12.7 Å². The van der Waals surface area contributed by atoms with Crippen molar-refractivity contribution in [3.8, 4) is 11.5 Å². The molecular formula is C24H22FN5O2. The summed E-state index contributed by atoms with van der Waals surface area (Å²) in [7, 11) is 0. The van der Waals surface area contributed by atoms with E-state index in [4.69, 9.17) is 4.52 Å². The summed E-state index contributed by atoms with van der Waals surface area (Å²) in [6, 6.07) is 15.9. The van der Waals surface area contributed by atoms with Gasteiger partial charge in [0.2, 0.25) is 11.7 Å². The molecule has 3 heterocycles. The number of nitrogens with one attached hydrogen (secondary N) is 1. The highest BCUT2D eigenvalue weighted by Crippen LogP contribution is 2.29. The molecular weight excluding hydrogens is 409 g/mol. The average molecular weight is 431 g/mol. The van der Waals surface area contributed by atoms with Gasteiger partial charge in [0.05, 0.1) is 5.52 Å². The third kappa shape index (κ3) is 4.03. The molecule has 0 aliphatic carbocycles. The van der Waals surface area contributed by atoms with Crippen molar-refractivity contribution in [3.05, 3.63) is 71.9 Å². The Bertz CT molecular complexity index is 1280.